The lowest BCUT2D eigenvalue weighted by molar-refractivity contribution is 0.112. The Balaban J connectivity index is 2.75. The zero-order valence-electron chi connectivity index (χ0n) is 11.7. The second kappa shape index (κ2) is 4.96. The Labute approximate surface area is 113 Å². The number of hydrogen-bond donors (Lipinski definition) is 0. The molecule has 2 aromatic carbocycles. The summed E-state index contributed by atoms with van der Waals surface area (Å²) in [6.07, 6.45) is 0.562. The molecule has 0 N–H and O–H groups in total. The number of benzene rings is 2. The molecule has 0 unspecified atom stereocenters. The van der Waals surface area contributed by atoms with Crippen LogP contribution in [0.15, 0.2) is 24.3 Å². The molecular weight excluding hydrogens is 239 g/mol. The van der Waals surface area contributed by atoms with Gasteiger partial charge in [-0.05, 0) is 73.2 Å². The van der Waals surface area contributed by atoms with E-state index in [1.807, 2.05) is 0 Å². The highest BCUT2D eigenvalue weighted by Crippen LogP contribution is 2.32. The zero-order chi connectivity index (χ0) is 14.2. The fourth-order valence-corrected chi connectivity index (χ4v) is 2.44. The van der Waals surface area contributed by atoms with Crippen LogP contribution in [0.2, 0.25) is 0 Å². The van der Waals surface area contributed by atoms with Crippen LogP contribution in [-0.2, 0) is 0 Å². The quantitative estimate of drug-likeness (QED) is 0.721. The maximum atomic E-state index is 13.4. The Hall–Kier alpha value is -1.96. The number of halogens is 1. The van der Waals surface area contributed by atoms with E-state index in [-0.39, 0.29) is 5.56 Å². The molecule has 0 heterocycles. The van der Waals surface area contributed by atoms with Crippen molar-refractivity contribution in [1.82, 2.24) is 0 Å². The number of aldehydes is 1. The number of carbonyl (C=O) groups is 1. The van der Waals surface area contributed by atoms with Gasteiger partial charge in [0.1, 0.15) is 5.82 Å². The van der Waals surface area contributed by atoms with Crippen molar-refractivity contribution in [2.75, 3.05) is 0 Å². The minimum absolute atomic E-state index is 0.107. The van der Waals surface area contributed by atoms with Crippen LogP contribution in [0, 0.1) is 33.5 Å². The third-order valence-electron chi connectivity index (χ3n) is 3.78. The van der Waals surface area contributed by atoms with Gasteiger partial charge >= 0.3 is 0 Å². The van der Waals surface area contributed by atoms with Gasteiger partial charge in [-0.2, -0.15) is 0 Å². The van der Waals surface area contributed by atoms with Crippen molar-refractivity contribution in [3.63, 3.8) is 0 Å². The van der Waals surface area contributed by atoms with Gasteiger partial charge in [-0.15, -0.1) is 0 Å². The van der Waals surface area contributed by atoms with Crippen molar-refractivity contribution < 1.29 is 9.18 Å². The summed E-state index contributed by atoms with van der Waals surface area (Å²) in [4.78, 5) is 10.9. The van der Waals surface area contributed by atoms with Crippen LogP contribution in [0.5, 0.6) is 0 Å². The molecule has 0 fully saturated rings. The van der Waals surface area contributed by atoms with Gasteiger partial charge in [-0.25, -0.2) is 4.39 Å². The van der Waals surface area contributed by atoms with Crippen molar-refractivity contribution in [3.05, 3.63) is 57.9 Å². The van der Waals surface area contributed by atoms with Crippen molar-refractivity contribution in [2.24, 2.45) is 0 Å². The molecule has 2 aromatic rings. The van der Waals surface area contributed by atoms with Crippen LogP contribution in [0.3, 0.4) is 0 Å². The van der Waals surface area contributed by atoms with Crippen LogP contribution >= 0.6 is 0 Å². The van der Waals surface area contributed by atoms with E-state index in [0.29, 0.717) is 6.29 Å². The van der Waals surface area contributed by atoms with Gasteiger partial charge in [0.05, 0.1) is 5.56 Å². The molecule has 98 valence electrons. The average Bonchev–Trinajstić information content (AvgIpc) is 2.38. The Morgan fingerprint density at radius 3 is 2.05 bits per heavy atom. The van der Waals surface area contributed by atoms with Crippen molar-refractivity contribution in [1.29, 1.82) is 0 Å². The topological polar surface area (TPSA) is 17.1 Å². The molecule has 0 bridgehead atoms. The maximum Gasteiger partial charge on any atom is 0.153 e. The van der Waals surface area contributed by atoms with Gasteiger partial charge in [-0.1, -0.05) is 12.1 Å². The summed E-state index contributed by atoms with van der Waals surface area (Å²) < 4.78 is 13.4. The third-order valence-corrected chi connectivity index (χ3v) is 3.78. The van der Waals surface area contributed by atoms with E-state index >= 15 is 0 Å². The van der Waals surface area contributed by atoms with Crippen LogP contribution in [0.4, 0.5) is 4.39 Å². The van der Waals surface area contributed by atoms with Gasteiger partial charge in [-0.3, -0.25) is 4.79 Å². The highest BCUT2D eigenvalue weighted by molar-refractivity contribution is 5.81. The number of aryl methyl sites for hydroxylation is 2. The van der Waals surface area contributed by atoms with Gasteiger partial charge < -0.3 is 0 Å². The monoisotopic (exact) mass is 256 g/mol. The lowest BCUT2D eigenvalue weighted by atomic mass is 9.89. The molecule has 0 saturated heterocycles. The summed E-state index contributed by atoms with van der Waals surface area (Å²) in [5, 5.41) is 0. The molecule has 1 nitrogen and oxygen atoms in total. The smallest absolute Gasteiger partial charge is 0.153 e. The molecule has 0 aliphatic heterocycles. The maximum absolute atomic E-state index is 13.4. The lowest BCUT2D eigenvalue weighted by Crippen LogP contribution is -1.97. The second-order valence-electron chi connectivity index (χ2n) is 4.99. The van der Waals surface area contributed by atoms with Crippen LogP contribution in [0.1, 0.15) is 32.6 Å². The third kappa shape index (κ3) is 2.30. The SMILES string of the molecule is Cc1cc(C)c(C)c(-c2ccc(F)c(C=O)c2)c1C. The molecule has 0 amide bonds. The fraction of sp³-hybridized carbons (Fsp3) is 0.235. The standard InChI is InChI=1S/C17H17FO/c1-10-7-11(2)13(4)17(12(10)3)14-5-6-16(18)15(8-14)9-19/h5-9H,1-4H3. The van der Waals surface area contributed by atoms with Gasteiger partial charge in [0.25, 0.3) is 0 Å². The Kier molecular flexibility index (Phi) is 3.52. The van der Waals surface area contributed by atoms with Crippen LogP contribution in [-0.4, -0.2) is 6.29 Å². The highest BCUT2D eigenvalue weighted by atomic mass is 19.1. The van der Waals surface area contributed by atoms with E-state index in [1.165, 1.54) is 28.3 Å². The largest absolute Gasteiger partial charge is 0.298 e. The van der Waals surface area contributed by atoms with E-state index < -0.39 is 5.82 Å². The van der Waals surface area contributed by atoms with Gasteiger partial charge in [0.15, 0.2) is 6.29 Å². The molecule has 0 radical (unpaired) electrons. The first-order valence-corrected chi connectivity index (χ1v) is 6.28. The van der Waals surface area contributed by atoms with Crippen LogP contribution in [0.25, 0.3) is 11.1 Å². The summed E-state index contributed by atoms with van der Waals surface area (Å²) in [7, 11) is 0. The predicted molar refractivity (Wildman–Crippen MR) is 76.2 cm³/mol. The summed E-state index contributed by atoms with van der Waals surface area (Å²) >= 11 is 0. The number of carbonyl (C=O) groups excluding carboxylic acids is 1. The van der Waals surface area contributed by atoms with Crippen LogP contribution < -0.4 is 0 Å². The molecule has 0 aliphatic rings. The summed E-state index contributed by atoms with van der Waals surface area (Å²) in [6.45, 7) is 8.24. The normalized spacial score (nSPS) is 10.6. The minimum atomic E-state index is -0.474. The summed E-state index contributed by atoms with van der Waals surface area (Å²) in [6, 6.07) is 6.86. The summed E-state index contributed by atoms with van der Waals surface area (Å²) in [5.41, 5.74) is 6.85. The molecule has 0 saturated carbocycles. The molecule has 0 spiro atoms. The minimum Gasteiger partial charge on any atom is -0.298 e. The Bertz CT molecular complexity index is 631. The number of rotatable bonds is 2. The summed E-state index contributed by atoms with van der Waals surface area (Å²) in [5.74, 6) is -0.474. The van der Waals surface area contributed by atoms with E-state index in [1.54, 1.807) is 12.1 Å². The first kappa shape index (κ1) is 13.5. The predicted octanol–water partition coefficient (Wildman–Crippen LogP) is 4.54. The molecule has 19 heavy (non-hydrogen) atoms. The molecule has 2 heteroatoms. The molecule has 0 aromatic heterocycles. The second-order valence-corrected chi connectivity index (χ2v) is 4.99. The first-order valence-electron chi connectivity index (χ1n) is 6.28. The van der Waals surface area contributed by atoms with Gasteiger partial charge in [0.2, 0.25) is 0 Å². The molecule has 2 rings (SSSR count). The highest BCUT2D eigenvalue weighted by Gasteiger charge is 2.12. The number of hydrogen-bond acceptors (Lipinski definition) is 1. The van der Waals surface area contributed by atoms with E-state index in [4.69, 9.17) is 0 Å². The average molecular weight is 256 g/mol. The Morgan fingerprint density at radius 2 is 1.53 bits per heavy atom. The first-order chi connectivity index (χ1) is 8.95. The Morgan fingerprint density at radius 1 is 0.947 bits per heavy atom. The fourth-order valence-electron chi connectivity index (χ4n) is 2.44. The zero-order valence-corrected chi connectivity index (χ0v) is 11.7. The van der Waals surface area contributed by atoms with Crippen molar-refractivity contribution in [2.45, 2.75) is 27.7 Å². The molecule has 0 atom stereocenters. The lowest BCUT2D eigenvalue weighted by Gasteiger charge is -2.16. The molecule has 0 aliphatic carbocycles. The molecular formula is C17H17FO. The van der Waals surface area contributed by atoms with E-state index in [0.717, 1.165) is 11.1 Å². The van der Waals surface area contributed by atoms with E-state index in [9.17, 15) is 9.18 Å². The van der Waals surface area contributed by atoms with Gasteiger partial charge in [0, 0.05) is 0 Å². The van der Waals surface area contributed by atoms with Crippen molar-refractivity contribution >= 4 is 6.29 Å². The van der Waals surface area contributed by atoms with E-state index in [2.05, 4.69) is 33.8 Å². The van der Waals surface area contributed by atoms with Crippen molar-refractivity contribution in [3.8, 4) is 11.1 Å².